The molecule has 0 aromatic heterocycles. The summed E-state index contributed by atoms with van der Waals surface area (Å²) in [7, 11) is 0. The van der Waals surface area contributed by atoms with Crippen LogP contribution in [0.1, 0.15) is 37.3 Å². The number of nitrogens with zero attached hydrogens (tertiary/aromatic N) is 1. The molecule has 0 bridgehead atoms. The van der Waals surface area contributed by atoms with Gasteiger partial charge in [-0.25, -0.2) is 0 Å². The van der Waals surface area contributed by atoms with E-state index in [0.717, 1.165) is 49.7 Å². The van der Waals surface area contributed by atoms with E-state index >= 15 is 0 Å². The highest BCUT2D eigenvalue weighted by Crippen LogP contribution is 2.40. The summed E-state index contributed by atoms with van der Waals surface area (Å²) >= 11 is 0. The van der Waals surface area contributed by atoms with Crippen LogP contribution in [0.5, 0.6) is 0 Å². The van der Waals surface area contributed by atoms with Gasteiger partial charge < -0.3 is 15.4 Å². The molecule has 1 heterocycles. The maximum Gasteiger partial charge on any atom is 0.228 e. The number of hydrogen-bond donors (Lipinski definition) is 2. The molecule has 2 N–H and O–H groups in total. The largest absolute Gasteiger partial charge is 0.379 e. The van der Waals surface area contributed by atoms with Gasteiger partial charge >= 0.3 is 0 Å². The van der Waals surface area contributed by atoms with E-state index in [1.807, 2.05) is 19.1 Å². The molecule has 2 amide bonds. The fourth-order valence-electron chi connectivity index (χ4n) is 3.63. The number of benzene rings is 1. The molecule has 1 aromatic carbocycles. The van der Waals surface area contributed by atoms with Crippen LogP contribution in [0.4, 0.5) is 5.69 Å². The minimum absolute atomic E-state index is 0.00252. The van der Waals surface area contributed by atoms with Gasteiger partial charge in [-0.3, -0.25) is 14.5 Å². The second-order valence-corrected chi connectivity index (χ2v) is 7.88. The van der Waals surface area contributed by atoms with E-state index in [9.17, 15) is 9.59 Å². The monoisotopic (exact) mass is 373 g/mol. The SMILES string of the molecule is Cc1cccc(C(C)C)c1NC(=O)C1CC1C(=O)NCCN1CCOCC1. The normalized spacial score (nSPS) is 22.5. The Morgan fingerprint density at radius 3 is 2.59 bits per heavy atom. The number of para-hydroxylation sites is 1. The van der Waals surface area contributed by atoms with E-state index in [4.69, 9.17) is 4.74 Å². The molecule has 148 valence electrons. The lowest BCUT2D eigenvalue weighted by Gasteiger charge is -2.26. The molecule has 0 spiro atoms. The number of hydrogen-bond acceptors (Lipinski definition) is 4. The molecule has 1 aliphatic carbocycles. The van der Waals surface area contributed by atoms with Crippen LogP contribution >= 0.6 is 0 Å². The predicted octanol–water partition coefficient (Wildman–Crippen LogP) is 2.14. The summed E-state index contributed by atoms with van der Waals surface area (Å²) in [4.78, 5) is 27.2. The Balaban J connectivity index is 1.47. The molecule has 1 saturated carbocycles. The highest BCUT2D eigenvalue weighted by Gasteiger charge is 2.48. The van der Waals surface area contributed by atoms with E-state index in [2.05, 4.69) is 35.4 Å². The number of nitrogens with one attached hydrogen (secondary N) is 2. The van der Waals surface area contributed by atoms with Crippen molar-refractivity contribution in [1.82, 2.24) is 10.2 Å². The smallest absolute Gasteiger partial charge is 0.228 e. The van der Waals surface area contributed by atoms with Gasteiger partial charge in [0.2, 0.25) is 11.8 Å². The van der Waals surface area contributed by atoms with Crippen molar-refractivity contribution in [2.45, 2.75) is 33.1 Å². The molecule has 2 fully saturated rings. The molecule has 1 aliphatic heterocycles. The number of rotatable bonds is 7. The topological polar surface area (TPSA) is 70.7 Å². The summed E-state index contributed by atoms with van der Waals surface area (Å²) in [6, 6.07) is 6.07. The second kappa shape index (κ2) is 8.85. The van der Waals surface area contributed by atoms with E-state index in [0.29, 0.717) is 18.9 Å². The first kappa shape index (κ1) is 19.8. The quantitative estimate of drug-likeness (QED) is 0.768. The minimum atomic E-state index is -0.215. The first-order valence-electron chi connectivity index (χ1n) is 9.95. The van der Waals surface area contributed by atoms with Crippen molar-refractivity contribution >= 4 is 17.5 Å². The summed E-state index contributed by atoms with van der Waals surface area (Å²) < 4.78 is 5.32. The van der Waals surface area contributed by atoms with Crippen molar-refractivity contribution in [2.24, 2.45) is 11.8 Å². The van der Waals surface area contributed by atoms with Gasteiger partial charge in [-0.05, 0) is 30.4 Å². The zero-order chi connectivity index (χ0) is 19.4. The summed E-state index contributed by atoms with van der Waals surface area (Å²) in [5.74, 6) is -0.121. The van der Waals surface area contributed by atoms with Crippen LogP contribution in [0, 0.1) is 18.8 Å². The molecule has 2 unspecified atom stereocenters. The van der Waals surface area contributed by atoms with Crippen LogP contribution in [-0.4, -0.2) is 56.1 Å². The molecular weight excluding hydrogens is 342 g/mol. The summed E-state index contributed by atoms with van der Waals surface area (Å²) in [5.41, 5.74) is 3.09. The molecule has 2 aliphatic rings. The van der Waals surface area contributed by atoms with Gasteiger partial charge in [0, 0.05) is 31.9 Å². The summed E-state index contributed by atoms with van der Waals surface area (Å²) in [6.07, 6.45) is 0.637. The molecular formula is C21H31N3O3. The maximum atomic E-state index is 12.6. The Labute approximate surface area is 161 Å². The number of morpholine rings is 1. The Kier molecular flexibility index (Phi) is 6.50. The van der Waals surface area contributed by atoms with Crippen molar-refractivity contribution in [3.05, 3.63) is 29.3 Å². The van der Waals surface area contributed by atoms with Crippen LogP contribution in [0.15, 0.2) is 18.2 Å². The number of carbonyl (C=O) groups is 2. The van der Waals surface area contributed by atoms with Gasteiger partial charge in [-0.2, -0.15) is 0 Å². The predicted molar refractivity (Wildman–Crippen MR) is 106 cm³/mol. The standard InChI is InChI=1S/C21H31N3O3/c1-14(2)16-6-4-5-15(3)19(16)23-21(26)18-13-17(18)20(25)22-7-8-24-9-11-27-12-10-24/h4-6,14,17-18H,7-13H2,1-3H3,(H,22,25)(H,23,26). The number of anilines is 1. The molecule has 27 heavy (non-hydrogen) atoms. The highest BCUT2D eigenvalue weighted by atomic mass is 16.5. The fourth-order valence-corrected chi connectivity index (χ4v) is 3.63. The molecule has 1 aromatic rings. The lowest BCUT2D eigenvalue weighted by atomic mass is 9.98. The van der Waals surface area contributed by atoms with Crippen LogP contribution in [-0.2, 0) is 14.3 Å². The van der Waals surface area contributed by atoms with Crippen molar-refractivity contribution in [3.8, 4) is 0 Å². The van der Waals surface area contributed by atoms with Gasteiger partial charge in [0.15, 0.2) is 0 Å². The number of carbonyl (C=O) groups excluding carboxylic acids is 2. The molecule has 3 rings (SSSR count). The number of amides is 2. The Morgan fingerprint density at radius 1 is 1.19 bits per heavy atom. The average molecular weight is 373 g/mol. The Bertz CT molecular complexity index is 683. The zero-order valence-corrected chi connectivity index (χ0v) is 16.6. The van der Waals surface area contributed by atoms with E-state index < -0.39 is 0 Å². The Morgan fingerprint density at radius 2 is 1.89 bits per heavy atom. The highest BCUT2D eigenvalue weighted by molar-refractivity contribution is 6.00. The summed E-state index contributed by atoms with van der Waals surface area (Å²) in [6.45, 7) is 11.0. The molecule has 0 radical (unpaired) electrons. The third kappa shape index (κ3) is 5.08. The van der Waals surface area contributed by atoms with Crippen molar-refractivity contribution in [1.29, 1.82) is 0 Å². The Hall–Kier alpha value is -1.92. The number of aryl methyl sites for hydroxylation is 1. The van der Waals surface area contributed by atoms with Crippen molar-refractivity contribution in [3.63, 3.8) is 0 Å². The first-order chi connectivity index (χ1) is 13.0. The maximum absolute atomic E-state index is 12.6. The molecule has 2 atom stereocenters. The van der Waals surface area contributed by atoms with Crippen LogP contribution in [0.2, 0.25) is 0 Å². The van der Waals surface area contributed by atoms with Crippen LogP contribution in [0.3, 0.4) is 0 Å². The number of ether oxygens (including phenoxy) is 1. The lowest BCUT2D eigenvalue weighted by Crippen LogP contribution is -2.41. The first-order valence-corrected chi connectivity index (χ1v) is 9.95. The second-order valence-electron chi connectivity index (χ2n) is 7.88. The third-order valence-corrected chi connectivity index (χ3v) is 5.47. The van der Waals surface area contributed by atoms with Crippen LogP contribution < -0.4 is 10.6 Å². The summed E-state index contributed by atoms with van der Waals surface area (Å²) in [5, 5.41) is 6.05. The lowest BCUT2D eigenvalue weighted by molar-refractivity contribution is -0.125. The molecule has 6 nitrogen and oxygen atoms in total. The third-order valence-electron chi connectivity index (χ3n) is 5.47. The van der Waals surface area contributed by atoms with Gasteiger partial charge in [0.05, 0.1) is 25.0 Å². The van der Waals surface area contributed by atoms with Crippen molar-refractivity contribution in [2.75, 3.05) is 44.7 Å². The fraction of sp³-hybridized carbons (Fsp3) is 0.619. The van der Waals surface area contributed by atoms with Gasteiger partial charge in [-0.1, -0.05) is 32.0 Å². The van der Waals surface area contributed by atoms with E-state index in [-0.39, 0.29) is 23.7 Å². The van der Waals surface area contributed by atoms with E-state index in [1.165, 1.54) is 0 Å². The molecule has 1 saturated heterocycles. The minimum Gasteiger partial charge on any atom is -0.379 e. The van der Waals surface area contributed by atoms with Crippen molar-refractivity contribution < 1.29 is 14.3 Å². The van der Waals surface area contributed by atoms with Gasteiger partial charge in [-0.15, -0.1) is 0 Å². The van der Waals surface area contributed by atoms with Gasteiger partial charge in [0.25, 0.3) is 0 Å². The average Bonchev–Trinajstić information content (AvgIpc) is 3.45. The zero-order valence-electron chi connectivity index (χ0n) is 16.6. The van der Waals surface area contributed by atoms with Gasteiger partial charge in [0.1, 0.15) is 0 Å². The van der Waals surface area contributed by atoms with Crippen LogP contribution in [0.25, 0.3) is 0 Å². The molecule has 6 heteroatoms. The van der Waals surface area contributed by atoms with E-state index in [1.54, 1.807) is 0 Å².